The van der Waals surface area contributed by atoms with E-state index in [0.717, 1.165) is 12.8 Å². The lowest BCUT2D eigenvalue weighted by atomic mass is 10.2. The summed E-state index contributed by atoms with van der Waals surface area (Å²) in [5, 5.41) is 4.65. The molecule has 0 aliphatic heterocycles. The van der Waals surface area contributed by atoms with Gasteiger partial charge in [0.1, 0.15) is 7.05 Å². The summed E-state index contributed by atoms with van der Waals surface area (Å²) in [5.41, 5.74) is 3.27. The molecule has 104 valence electrons. The van der Waals surface area contributed by atoms with E-state index >= 15 is 0 Å². The minimum atomic E-state index is 1.07. The Bertz CT molecular complexity index is 344. The van der Waals surface area contributed by atoms with Gasteiger partial charge in [-0.15, -0.1) is 9.36 Å². The zero-order valence-electron chi connectivity index (χ0n) is 12.5. The Morgan fingerprint density at radius 3 is 2.22 bits per heavy atom. The van der Waals surface area contributed by atoms with Gasteiger partial charge in [-0.25, -0.2) is 0 Å². The maximum Gasteiger partial charge on any atom is 0.301 e. The fourth-order valence-corrected chi connectivity index (χ4v) is 2.33. The molecule has 18 heavy (non-hydrogen) atoms. The molecule has 4 heteroatoms. The van der Waals surface area contributed by atoms with E-state index in [9.17, 15) is 0 Å². The van der Waals surface area contributed by atoms with Crippen LogP contribution in [-0.2, 0) is 19.9 Å². The number of hydrogen-bond acceptors (Lipinski definition) is 2. The topological polar surface area (TPSA) is 33.7 Å². The van der Waals surface area contributed by atoms with Crippen LogP contribution in [-0.4, -0.2) is 16.8 Å². The highest BCUT2D eigenvalue weighted by molar-refractivity contribution is 4.94. The van der Waals surface area contributed by atoms with Gasteiger partial charge in [-0.1, -0.05) is 39.5 Å². The second-order valence-electron chi connectivity index (χ2n) is 4.93. The zero-order valence-corrected chi connectivity index (χ0v) is 12.5. The van der Waals surface area contributed by atoms with Gasteiger partial charge in [-0.3, -0.25) is 5.43 Å². The second-order valence-corrected chi connectivity index (χ2v) is 4.93. The van der Waals surface area contributed by atoms with Crippen LogP contribution < -0.4 is 10.1 Å². The van der Waals surface area contributed by atoms with E-state index in [2.05, 4.69) is 36.1 Å². The van der Waals surface area contributed by atoms with Crippen LogP contribution in [0.5, 0.6) is 0 Å². The predicted molar refractivity (Wildman–Crippen MR) is 75.1 cm³/mol. The van der Waals surface area contributed by atoms with Crippen molar-refractivity contribution < 1.29 is 4.68 Å². The number of aryl methyl sites for hydroxylation is 2. The molecule has 0 aliphatic rings. The summed E-state index contributed by atoms with van der Waals surface area (Å²) in [4.78, 5) is 0. The molecule has 1 rings (SSSR count). The molecular weight excluding hydrogens is 224 g/mol. The first-order chi connectivity index (χ1) is 8.74. The molecule has 0 radical (unpaired) electrons. The summed E-state index contributed by atoms with van der Waals surface area (Å²) < 4.78 is 4.21. The first kappa shape index (κ1) is 15.0. The van der Waals surface area contributed by atoms with E-state index in [-0.39, 0.29) is 0 Å². The molecule has 0 fully saturated rings. The lowest BCUT2D eigenvalue weighted by Crippen LogP contribution is -2.36. The Morgan fingerprint density at radius 1 is 1.06 bits per heavy atom. The third kappa shape index (κ3) is 4.00. The van der Waals surface area contributed by atoms with Crippen LogP contribution in [0.2, 0.25) is 0 Å². The average molecular weight is 253 g/mol. The Kier molecular flexibility index (Phi) is 6.76. The number of rotatable bonds is 9. The number of aromatic nitrogens is 3. The molecule has 1 N–H and O–H groups in total. The van der Waals surface area contributed by atoms with Gasteiger partial charge < -0.3 is 0 Å². The molecule has 0 spiro atoms. The van der Waals surface area contributed by atoms with Gasteiger partial charge >= 0.3 is 5.82 Å². The van der Waals surface area contributed by atoms with Crippen molar-refractivity contribution in [2.45, 2.75) is 65.2 Å². The number of unbranched alkanes of at least 4 members (excludes halogenated alkanes) is 4. The molecule has 1 aromatic rings. The SMILES string of the molecule is CCCCCc1n[n+](C)c(CCCCC)n1NC. The maximum atomic E-state index is 4.65. The highest BCUT2D eigenvalue weighted by Gasteiger charge is 2.21. The van der Waals surface area contributed by atoms with Crippen LogP contribution in [0, 0.1) is 0 Å². The molecule has 0 saturated heterocycles. The minimum Gasteiger partial charge on any atom is -0.257 e. The molecule has 4 nitrogen and oxygen atoms in total. The molecule has 0 unspecified atom stereocenters. The predicted octanol–water partition coefficient (Wildman–Crippen LogP) is 2.35. The highest BCUT2D eigenvalue weighted by Crippen LogP contribution is 2.07. The molecule has 0 saturated carbocycles. The largest absolute Gasteiger partial charge is 0.301 e. The Balaban J connectivity index is 2.70. The van der Waals surface area contributed by atoms with Crippen molar-refractivity contribution in [2.24, 2.45) is 7.05 Å². The summed E-state index contributed by atoms with van der Waals surface area (Å²) in [5.74, 6) is 2.46. The van der Waals surface area contributed by atoms with Gasteiger partial charge in [-0.2, -0.15) is 0 Å². The van der Waals surface area contributed by atoms with Crippen LogP contribution in [0.15, 0.2) is 0 Å². The fourth-order valence-electron chi connectivity index (χ4n) is 2.33. The lowest BCUT2D eigenvalue weighted by molar-refractivity contribution is -0.736. The average Bonchev–Trinajstić information content (AvgIpc) is 2.66. The van der Waals surface area contributed by atoms with Gasteiger partial charge in [0.05, 0.1) is 6.42 Å². The zero-order chi connectivity index (χ0) is 13.4. The molecule has 0 atom stereocenters. The van der Waals surface area contributed by atoms with Crippen molar-refractivity contribution in [3.63, 3.8) is 0 Å². The molecule has 0 aliphatic carbocycles. The van der Waals surface area contributed by atoms with Gasteiger partial charge in [0.15, 0.2) is 0 Å². The number of nitrogens with one attached hydrogen (secondary N) is 1. The van der Waals surface area contributed by atoms with Crippen LogP contribution in [0.1, 0.15) is 64.0 Å². The summed E-state index contributed by atoms with van der Waals surface area (Å²) in [6, 6.07) is 0. The van der Waals surface area contributed by atoms with Gasteiger partial charge in [0.2, 0.25) is 0 Å². The van der Waals surface area contributed by atoms with Crippen molar-refractivity contribution in [3.05, 3.63) is 11.6 Å². The van der Waals surface area contributed by atoms with Gasteiger partial charge in [0, 0.05) is 13.5 Å². The third-order valence-corrected chi connectivity index (χ3v) is 3.39. The first-order valence-electron chi connectivity index (χ1n) is 7.39. The Hall–Kier alpha value is -1.06. The quantitative estimate of drug-likeness (QED) is 0.541. The van der Waals surface area contributed by atoms with Crippen LogP contribution in [0.3, 0.4) is 0 Å². The number of nitrogens with zero attached hydrogens (tertiary/aromatic N) is 3. The van der Waals surface area contributed by atoms with E-state index in [1.165, 1.54) is 50.2 Å². The minimum absolute atomic E-state index is 1.07. The molecule has 1 heterocycles. The normalized spacial score (nSPS) is 10.9. The van der Waals surface area contributed by atoms with Crippen molar-refractivity contribution >= 4 is 0 Å². The first-order valence-corrected chi connectivity index (χ1v) is 7.39. The number of hydrogen-bond donors (Lipinski definition) is 1. The van der Waals surface area contributed by atoms with E-state index in [1.54, 1.807) is 0 Å². The summed E-state index contributed by atoms with van der Waals surface area (Å²) in [6.45, 7) is 4.48. The molecule has 1 aromatic heterocycles. The van der Waals surface area contributed by atoms with E-state index < -0.39 is 0 Å². The fraction of sp³-hybridized carbons (Fsp3) is 0.857. The standard InChI is InChI=1S/C14H29N4/c1-5-7-9-11-13-16-17(4)14(18(13)15-3)12-10-8-6-2/h15H,5-12H2,1-4H3/q+1. The van der Waals surface area contributed by atoms with E-state index in [4.69, 9.17) is 0 Å². The third-order valence-electron chi connectivity index (χ3n) is 3.39. The maximum absolute atomic E-state index is 4.65. The summed E-state index contributed by atoms with van der Waals surface area (Å²) in [6.07, 6.45) is 9.74. The van der Waals surface area contributed by atoms with Crippen molar-refractivity contribution in [1.82, 2.24) is 9.77 Å². The van der Waals surface area contributed by atoms with Crippen molar-refractivity contribution in [2.75, 3.05) is 12.5 Å². The van der Waals surface area contributed by atoms with E-state index in [1.807, 2.05) is 11.7 Å². The van der Waals surface area contributed by atoms with E-state index in [0.29, 0.717) is 0 Å². The highest BCUT2D eigenvalue weighted by atomic mass is 15.5. The monoisotopic (exact) mass is 253 g/mol. The van der Waals surface area contributed by atoms with Crippen molar-refractivity contribution in [3.8, 4) is 0 Å². The molecular formula is C14H29N4+. The van der Waals surface area contributed by atoms with Gasteiger partial charge in [0.25, 0.3) is 5.82 Å². The molecule has 0 bridgehead atoms. The smallest absolute Gasteiger partial charge is 0.257 e. The molecule has 0 amide bonds. The van der Waals surface area contributed by atoms with Crippen molar-refractivity contribution in [1.29, 1.82) is 0 Å². The Labute approximate surface area is 111 Å². The summed E-state index contributed by atoms with van der Waals surface area (Å²) in [7, 11) is 4.03. The van der Waals surface area contributed by atoms with Crippen LogP contribution in [0.4, 0.5) is 0 Å². The van der Waals surface area contributed by atoms with Crippen LogP contribution in [0.25, 0.3) is 0 Å². The summed E-state index contributed by atoms with van der Waals surface area (Å²) >= 11 is 0. The van der Waals surface area contributed by atoms with Crippen LogP contribution >= 0.6 is 0 Å². The molecule has 0 aromatic carbocycles. The van der Waals surface area contributed by atoms with Gasteiger partial charge in [-0.05, 0) is 17.9 Å². The lowest BCUT2D eigenvalue weighted by Gasteiger charge is -2.01. The Morgan fingerprint density at radius 2 is 1.67 bits per heavy atom. The second kappa shape index (κ2) is 8.11.